The van der Waals surface area contributed by atoms with Gasteiger partial charge in [0.15, 0.2) is 0 Å². The lowest BCUT2D eigenvalue weighted by atomic mass is 9.77. The maximum absolute atomic E-state index is 9.73. The first-order chi connectivity index (χ1) is 8.61. The fourth-order valence-corrected chi connectivity index (χ4v) is 3.40. The van der Waals surface area contributed by atoms with Crippen molar-refractivity contribution in [2.75, 3.05) is 13.2 Å². The van der Waals surface area contributed by atoms with Crippen molar-refractivity contribution >= 4 is 11.6 Å². The summed E-state index contributed by atoms with van der Waals surface area (Å²) < 4.78 is 6.12. The van der Waals surface area contributed by atoms with Gasteiger partial charge in [-0.2, -0.15) is 0 Å². The van der Waals surface area contributed by atoms with Gasteiger partial charge in [-0.1, -0.05) is 11.6 Å². The summed E-state index contributed by atoms with van der Waals surface area (Å²) in [4.78, 5) is 0. The van der Waals surface area contributed by atoms with Crippen LogP contribution in [0.3, 0.4) is 0 Å². The molecule has 18 heavy (non-hydrogen) atoms. The van der Waals surface area contributed by atoms with Crippen molar-refractivity contribution in [3.05, 3.63) is 28.3 Å². The third-order valence-corrected chi connectivity index (χ3v) is 4.37. The molecule has 1 aromatic carbocycles. The number of ether oxygens (including phenoxy) is 1. The molecule has 0 amide bonds. The van der Waals surface area contributed by atoms with Crippen LogP contribution >= 0.6 is 11.6 Å². The number of rotatable bonds is 0. The van der Waals surface area contributed by atoms with Crippen LogP contribution in [-0.4, -0.2) is 24.3 Å². The highest BCUT2D eigenvalue weighted by atomic mass is 35.5. The number of hydrogen-bond acceptors (Lipinski definition) is 3. The number of phenolic OH excluding ortho intramolecular Hbond substituents is 1. The molecule has 0 bridgehead atoms. The van der Waals surface area contributed by atoms with Crippen LogP contribution in [0.15, 0.2) is 12.1 Å². The molecule has 2 aliphatic heterocycles. The maximum Gasteiger partial charge on any atom is 0.134 e. The minimum atomic E-state index is -0.213. The second kappa shape index (κ2) is 4.41. The summed E-state index contributed by atoms with van der Waals surface area (Å²) in [5.41, 5.74) is 2.14. The number of aromatic hydroxyl groups is 1. The molecule has 98 valence electrons. The number of halogens is 1. The average Bonchev–Trinajstić information content (AvgIpc) is 2.32. The van der Waals surface area contributed by atoms with Gasteiger partial charge in [-0.25, -0.2) is 0 Å². The number of hydrogen-bond donors (Lipinski definition) is 2. The zero-order valence-corrected chi connectivity index (χ0v) is 11.3. The van der Waals surface area contributed by atoms with Crippen molar-refractivity contribution in [3.63, 3.8) is 0 Å². The SMILES string of the molecule is C[C@H]1C[C@@]2(CCN1)OCCc1cc(O)c(Cl)cc12. The first-order valence-electron chi connectivity index (χ1n) is 6.50. The van der Waals surface area contributed by atoms with E-state index in [0.717, 1.165) is 32.4 Å². The van der Waals surface area contributed by atoms with E-state index in [2.05, 4.69) is 12.2 Å². The van der Waals surface area contributed by atoms with Crippen LogP contribution < -0.4 is 5.32 Å². The molecule has 0 unspecified atom stereocenters. The average molecular weight is 268 g/mol. The van der Waals surface area contributed by atoms with E-state index in [1.807, 2.05) is 6.07 Å². The van der Waals surface area contributed by atoms with Gasteiger partial charge in [0.05, 0.1) is 17.2 Å². The first-order valence-corrected chi connectivity index (χ1v) is 6.88. The Hall–Kier alpha value is -0.770. The lowest BCUT2D eigenvalue weighted by Crippen LogP contribution is -2.48. The van der Waals surface area contributed by atoms with Crippen LogP contribution in [0.1, 0.15) is 30.9 Å². The standard InChI is InChI=1S/C14H18ClNO2/c1-9-8-14(3-4-16-9)11-7-12(15)13(17)6-10(11)2-5-18-14/h6-7,9,16-17H,2-5,8H2,1H3/t9-,14+/m0/s1. The molecule has 3 nitrogen and oxygen atoms in total. The predicted molar refractivity (Wildman–Crippen MR) is 71.1 cm³/mol. The van der Waals surface area contributed by atoms with E-state index in [9.17, 15) is 5.11 Å². The Labute approximate surface area is 112 Å². The molecular formula is C14H18ClNO2. The van der Waals surface area contributed by atoms with Gasteiger partial charge >= 0.3 is 0 Å². The molecule has 0 saturated carbocycles. The van der Waals surface area contributed by atoms with Crippen LogP contribution in [0.2, 0.25) is 5.02 Å². The van der Waals surface area contributed by atoms with Gasteiger partial charge in [0.1, 0.15) is 5.75 Å². The van der Waals surface area contributed by atoms with Gasteiger partial charge in [0, 0.05) is 6.04 Å². The number of phenols is 1. The van der Waals surface area contributed by atoms with E-state index < -0.39 is 0 Å². The molecule has 3 rings (SSSR count). The molecule has 1 saturated heterocycles. The fraction of sp³-hybridized carbons (Fsp3) is 0.571. The van der Waals surface area contributed by atoms with E-state index in [-0.39, 0.29) is 11.4 Å². The van der Waals surface area contributed by atoms with E-state index >= 15 is 0 Å². The number of piperidine rings is 1. The minimum absolute atomic E-state index is 0.175. The van der Waals surface area contributed by atoms with Crippen LogP contribution in [0.5, 0.6) is 5.75 Å². The van der Waals surface area contributed by atoms with Crippen LogP contribution in [-0.2, 0) is 16.8 Å². The molecule has 1 aromatic rings. The number of fused-ring (bicyclic) bond motifs is 2. The Morgan fingerprint density at radius 3 is 3.11 bits per heavy atom. The highest BCUT2D eigenvalue weighted by Crippen LogP contribution is 2.44. The van der Waals surface area contributed by atoms with Crippen LogP contribution in [0, 0.1) is 0 Å². The third-order valence-electron chi connectivity index (χ3n) is 4.07. The molecule has 4 heteroatoms. The van der Waals surface area contributed by atoms with E-state index in [0.29, 0.717) is 11.1 Å². The highest BCUT2D eigenvalue weighted by molar-refractivity contribution is 6.32. The molecule has 1 fully saturated rings. The van der Waals surface area contributed by atoms with Gasteiger partial charge in [0.2, 0.25) is 0 Å². The summed E-state index contributed by atoms with van der Waals surface area (Å²) in [5.74, 6) is 0.175. The topological polar surface area (TPSA) is 41.5 Å². The summed E-state index contributed by atoms with van der Waals surface area (Å²) in [5, 5.41) is 13.6. The summed E-state index contributed by atoms with van der Waals surface area (Å²) in [6.45, 7) is 3.86. The molecule has 2 atom stereocenters. The molecule has 0 aliphatic carbocycles. The Morgan fingerprint density at radius 1 is 1.50 bits per heavy atom. The van der Waals surface area contributed by atoms with Crippen molar-refractivity contribution in [1.82, 2.24) is 5.32 Å². The third kappa shape index (κ3) is 1.91. The van der Waals surface area contributed by atoms with Crippen LogP contribution in [0.4, 0.5) is 0 Å². The van der Waals surface area contributed by atoms with Crippen molar-refractivity contribution in [2.24, 2.45) is 0 Å². The summed E-state index contributed by atoms with van der Waals surface area (Å²) >= 11 is 6.06. The zero-order valence-electron chi connectivity index (χ0n) is 10.5. The molecular weight excluding hydrogens is 250 g/mol. The highest BCUT2D eigenvalue weighted by Gasteiger charge is 2.41. The van der Waals surface area contributed by atoms with Gasteiger partial charge in [0.25, 0.3) is 0 Å². The quantitative estimate of drug-likeness (QED) is 0.759. The fourth-order valence-electron chi connectivity index (χ4n) is 3.24. The monoisotopic (exact) mass is 267 g/mol. The molecule has 2 N–H and O–H groups in total. The van der Waals surface area contributed by atoms with E-state index in [4.69, 9.17) is 16.3 Å². The van der Waals surface area contributed by atoms with Crippen molar-refractivity contribution in [3.8, 4) is 5.75 Å². The second-order valence-electron chi connectivity index (χ2n) is 5.36. The second-order valence-corrected chi connectivity index (χ2v) is 5.77. The first kappa shape index (κ1) is 12.3. The van der Waals surface area contributed by atoms with E-state index in [1.165, 1.54) is 11.1 Å². The predicted octanol–water partition coefficient (Wildman–Crippen LogP) is 2.59. The largest absolute Gasteiger partial charge is 0.506 e. The lowest BCUT2D eigenvalue weighted by Gasteiger charge is -2.44. The molecule has 2 heterocycles. The maximum atomic E-state index is 9.73. The van der Waals surface area contributed by atoms with Crippen molar-refractivity contribution < 1.29 is 9.84 Å². The number of benzene rings is 1. The summed E-state index contributed by atoms with van der Waals surface area (Å²) in [6, 6.07) is 4.13. The van der Waals surface area contributed by atoms with Gasteiger partial charge < -0.3 is 15.2 Å². The Morgan fingerprint density at radius 2 is 2.33 bits per heavy atom. The molecule has 0 aromatic heterocycles. The number of nitrogens with one attached hydrogen (secondary N) is 1. The van der Waals surface area contributed by atoms with Gasteiger partial charge in [-0.3, -0.25) is 0 Å². The van der Waals surface area contributed by atoms with Gasteiger partial charge in [-0.15, -0.1) is 0 Å². The molecule has 2 aliphatic rings. The van der Waals surface area contributed by atoms with Gasteiger partial charge in [-0.05, 0) is 56.0 Å². The summed E-state index contributed by atoms with van der Waals surface area (Å²) in [7, 11) is 0. The Bertz CT molecular complexity index is 477. The van der Waals surface area contributed by atoms with Crippen molar-refractivity contribution in [1.29, 1.82) is 0 Å². The molecule has 0 radical (unpaired) electrons. The summed E-state index contributed by atoms with van der Waals surface area (Å²) in [6.07, 6.45) is 2.77. The van der Waals surface area contributed by atoms with Crippen LogP contribution in [0.25, 0.3) is 0 Å². The smallest absolute Gasteiger partial charge is 0.134 e. The molecule has 1 spiro atoms. The minimum Gasteiger partial charge on any atom is -0.506 e. The Balaban J connectivity index is 2.08. The van der Waals surface area contributed by atoms with Crippen molar-refractivity contribution in [2.45, 2.75) is 37.8 Å². The van der Waals surface area contributed by atoms with E-state index in [1.54, 1.807) is 6.07 Å². The normalized spacial score (nSPS) is 31.3. The lowest BCUT2D eigenvalue weighted by molar-refractivity contribution is -0.0879. The Kier molecular flexibility index (Phi) is 3.00. The zero-order chi connectivity index (χ0) is 12.8.